The number of benzene rings is 1. The lowest BCUT2D eigenvalue weighted by Gasteiger charge is -2.38. The third kappa shape index (κ3) is 6.33. The second kappa shape index (κ2) is 11.0. The van der Waals surface area contributed by atoms with Crippen LogP contribution in [0.1, 0.15) is 51.5 Å². The number of aromatic nitrogens is 1. The molecule has 0 radical (unpaired) electrons. The monoisotopic (exact) mass is 463 g/mol. The van der Waals surface area contributed by atoms with Crippen LogP contribution in [-0.4, -0.2) is 41.9 Å². The minimum atomic E-state index is -0.846. The molecule has 3 rings (SSSR count). The molecule has 2 heterocycles. The van der Waals surface area contributed by atoms with Crippen LogP contribution < -0.4 is 10.2 Å². The Balaban J connectivity index is 2.03. The highest BCUT2D eigenvalue weighted by molar-refractivity contribution is 6.30. The molecule has 1 aromatic heterocycles. The molecule has 1 unspecified atom stereocenters. The van der Waals surface area contributed by atoms with E-state index in [1.54, 1.807) is 6.07 Å². The van der Waals surface area contributed by atoms with Gasteiger partial charge >= 0.3 is 5.97 Å². The number of carboxylic acids is 1. The highest BCUT2D eigenvalue weighted by Crippen LogP contribution is 2.36. The van der Waals surface area contributed by atoms with E-state index in [1.165, 1.54) is 6.07 Å². The molecule has 0 aliphatic carbocycles. The SMILES string of the molecule is CC(C)CN(c1ccc(C(C)CC(=O)O)cc1Nc1ccc(Cl)c(F)n1)C1CCOCC1. The fourth-order valence-corrected chi connectivity index (χ4v) is 4.15. The molecule has 0 amide bonds. The summed E-state index contributed by atoms with van der Waals surface area (Å²) in [6.45, 7) is 8.54. The Hall–Kier alpha value is -2.38. The van der Waals surface area contributed by atoms with Gasteiger partial charge in [-0.3, -0.25) is 4.79 Å². The zero-order valence-corrected chi connectivity index (χ0v) is 19.5. The van der Waals surface area contributed by atoms with E-state index in [9.17, 15) is 14.3 Å². The molecule has 32 heavy (non-hydrogen) atoms. The summed E-state index contributed by atoms with van der Waals surface area (Å²) in [5.74, 6) is -0.980. The molecule has 8 heteroatoms. The topological polar surface area (TPSA) is 74.7 Å². The Labute approximate surface area is 193 Å². The van der Waals surface area contributed by atoms with Crippen LogP contribution in [0.3, 0.4) is 0 Å². The van der Waals surface area contributed by atoms with Gasteiger partial charge in [-0.1, -0.05) is 38.4 Å². The van der Waals surface area contributed by atoms with Crippen molar-refractivity contribution < 1.29 is 19.0 Å². The Bertz CT molecular complexity index is 935. The van der Waals surface area contributed by atoms with Crippen molar-refractivity contribution in [2.75, 3.05) is 30.0 Å². The van der Waals surface area contributed by atoms with Crippen LogP contribution in [-0.2, 0) is 9.53 Å². The van der Waals surface area contributed by atoms with Crippen LogP contribution in [0, 0.1) is 11.9 Å². The highest BCUT2D eigenvalue weighted by Gasteiger charge is 2.25. The molecule has 2 aromatic rings. The van der Waals surface area contributed by atoms with Crippen molar-refractivity contribution >= 4 is 34.8 Å². The third-order valence-electron chi connectivity index (χ3n) is 5.64. The summed E-state index contributed by atoms with van der Waals surface area (Å²) in [4.78, 5) is 17.5. The fourth-order valence-electron chi connectivity index (χ4n) is 4.05. The van der Waals surface area contributed by atoms with Gasteiger partial charge in [0.2, 0.25) is 5.95 Å². The van der Waals surface area contributed by atoms with E-state index in [4.69, 9.17) is 16.3 Å². The number of ether oxygens (including phenoxy) is 1. The quantitative estimate of drug-likeness (QED) is 0.455. The molecule has 2 N–H and O–H groups in total. The summed E-state index contributed by atoms with van der Waals surface area (Å²) in [5.41, 5.74) is 2.64. The van der Waals surface area contributed by atoms with Gasteiger partial charge in [0.05, 0.1) is 22.8 Å². The summed E-state index contributed by atoms with van der Waals surface area (Å²) < 4.78 is 19.5. The first-order valence-electron chi connectivity index (χ1n) is 11.0. The first kappa shape index (κ1) is 24.3. The molecule has 6 nitrogen and oxygen atoms in total. The summed E-state index contributed by atoms with van der Waals surface area (Å²) in [5, 5.41) is 12.4. The summed E-state index contributed by atoms with van der Waals surface area (Å²) in [6, 6.07) is 9.38. The van der Waals surface area contributed by atoms with Crippen molar-refractivity contribution in [3.05, 3.63) is 46.9 Å². The molecular weight excluding hydrogens is 433 g/mol. The molecule has 174 valence electrons. The number of rotatable bonds is 9. The van der Waals surface area contributed by atoms with Gasteiger partial charge in [-0.15, -0.1) is 0 Å². The number of carboxylic acid groups (broad SMARTS) is 1. The van der Waals surface area contributed by atoms with Gasteiger partial charge in [-0.2, -0.15) is 4.39 Å². The first-order valence-corrected chi connectivity index (χ1v) is 11.4. The minimum absolute atomic E-state index is 0.0300. The third-order valence-corrected chi connectivity index (χ3v) is 5.92. The number of pyridine rings is 1. The van der Waals surface area contributed by atoms with Crippen molar-refractivity contribution in [1.29, 1.82) is 0 Å². The van der Waals surface area contributed by atoms with E-state index in [2.05, 4.69) is 29.0 Å². The zero-order valence-electron chi connectivity index (χ0n) is 18.8. The van der Waals surface area contributed by atoms with Gasteiger partial charge in [0.25, 0.3) is 0 Å². The van der Waals surface area contributed by atoms with Crippen molar-refractivity contribution in [3.63, 3.8) is 0 Å². The van der Waals surface area contributed by atoms with Crippen molar-refractivity contribution in [1.82, 2.24) is 4.98 Å². The maximum absolute atomic E-state index is 14.0. The smallest absolute Gasteiger partial charge is 0.303 e. The normalized spacial score (nSPS) is 15.6. The molecule has 1 aliphatic heterocycles. The molecule has 1 aromatic carbocycles. The van der Waals surface area contributed by atoms with Crippen LogP contribution in [0.4, 0.5) is 21.6 Å². The number of hydrogen-bond acceptors (Lipinski definition) is 5. The lowest BCUT2D eigenvalue weighted by Crippen LogP contribution is -2.42. The van der Waals surface area contributed by atoms with Gasteiger partial charge < -0.3 is 20.1 Å². The van der Waals surface area contributed by atoms with Gasteiger partial charge in [0.1, 0.15) is 5.82 Å². The number of nitrogens with zero attached hydrogens (tertiary/aromatic N) is 2. The number of carbonyl (C=O) groups is 1. The molecule has 0 bridgehead atoms. The first-order chi connectivity index (χ1) is 15.2. The predicted molar refractivity (Wildman–Crippen MR) is 126 cm³/mol. The lowest BCUT2D eigenvalue weighted by molar-refractivity contribution is -0.137. The number of halogens is 2. The fraction of sp³-hybridized carbons (Fsp3) is 0.500. The molecule has 1 atom stereocenters. The standard InChI is InChI=1S/C24H31ClFN3O3/c1-15(2)14-29(18-8-10-32-11-9-18)21-6-4-17(16(3)12-23(30)31)13-20(21)27-22-7-5-19(25)24(26)28-22/h4-7,13,15-16,18H,8-12,14H2,1-3H3,(H,27,28)(H,30,31). The maximum Gasteiger partial charge on any atom is 0.303 e. The predicted octanol–water partition coefficient (Wildman–Crippen LogP) is 5.84. The number of anilines is 3. The largest absolute Gasteiger partial charge is 0.481 e. The second-order valence-electron chi connectivity index (χ2n) is 8.76. The van der Waals surface area contributed by atoms with Gasteiger partial charge in [0.15, 0.2) is 0 Å². The molecule has 1 fully saturated rings. The van der Waals surface area contributed by atoms with E-state index >= 15 is 0 Å². The molecule has 1 saturated heterocycles. The van der Waals surface area contributed by atoms with E-state index < -0.39 is 11.9 Å². The van der Waals surface area contributed by atoms with E-state index in [0.717, 1.165) is 49.5 Å². The van der Waals surface area contributed by atoms with Crippen LogP contribution >= 0.6 is 11.6 Å². The number of aliphatic carboxylic acids is 1. The summed E-state index contributed by atoms with van der Waals surface area (Å²) in [6.07, 6.45) is 1.89. The molecule has 1 aliphatic rings. The van der Waals surface area contributed by atoms with E-state index in [1.807, 2.05) is 25.1 Å². The Morgan fingerprint density at radius 1 is 1.28 bits per heavy atom. The number of nitrogens with one attached hydrogen (secondary N) is 1. The lowest BCUT2D eigenvalue weighted by atomic mass is 9.95. The molecular formula is C24H31ClFN3O3. The average Bonchev–Trinajstić information content (AvgIpc) is 2.75. The van der Waals surface area contributed by atoms with E-state index in [-0.39, 0.29) is 17.4 Å². The van der Waals surface area contributed by atoms with Crippen LogP contribution in [0.25, 0.3) is 0 Å². The summed E-state index contributed by atoms with van der Waals surface area (Å²) in [7, 11) is 0. The van der Waals surface area contributed by atoms with Gasteiger partial charge in [-0.25, -0.2) is 4.98 Å². The number of hydrogen-bond donors (Lipinski definition) is 2. The zero-order chi connectivity index (χ0) is 23.3. The summed E-state index contributed by atoms with van der Waals surface area (Å²) >= 11 is 5.80. The van der Waals surface area contributed by atoms with Crippen LogP contribution in [0.2, 0.25) is 5.02 Å². The Kier molecular flexibility index (Phi) is 8.32. The second-order valence-corrected chi connectivity index (χ2v) is 9.17. The van der Waals surface area contributed by atoms with Crippen molar-refractivity contribution in [2.45, 2.75) is 52.0 Å². The average molecular weight is 464 g/mol. The van der Waals surface area contributed by atoms with Crippen molar-refractivity contribution in [3.8, 4) is 0 Å². The molecule has 0 spiro atoms. The van der Waals surface area contributed by atoms with Gasteiger partial charge in [0, 0.05) is 25.8 Å². The molecule has 0 saturated carbocycles. The van der Waals surface area contributed by atoms with Crippen molar-refractivity contribution in [2.24, 2.45) is 5.92 Å². The Morgan fingerprint density at radius 3 is 2.62 bits per heavy atom. The van der Waals surface area contributed by atoms with E-state index in [0.29, 0.717) is 17.8 Å². The Morgan fingerprint density at radius 2 is 2.00 bits per heavy atom. The maximum atomic E-state index is 14.0. The van der Waals surface area contributed by atoms with Gasteiger partial charge in [-0.05, 0) is 54.5 Å². The minimum Gasteiger partial charge on any atom is -0.481 e. The highest BCUT2D eigenvalue weighted by atomic mass is 35.5. The van der Waals surface area contributed by atoms with Crippen LogP contribution in [0.5, 0.6) is 0 Å². The van der Waals surface area contributed by atoms with Crippen LogP contribution in [0.15, 0.2) is 30.3 Å².